The average molecular weight is 373 g/mol. The van der Waals surface area contributed by atoms with Crippen molar-refractivity contribution < 1.29 is 4.79 Å². The molecule has 4 rings (SSSR count). The number of carbonyl (C=O) groups is 1. The number of rotatable bonds is 4. The van der Waals surface area contributed by atoms with Crippen molar-refractivity contribution in [3.8, 4) is 0 Å². The molecule has 0 bridgehead atoms. The lowest BCUT2D eigenvalue weighted by Gasteiger charge is -2.20. The highest BCUT2D eigenvalue weighted by Crippen LogP contribution is 2.30. The molecule has 0 unspecified atom stereocenters. The summed E-state index contributed by atoms with van der Waals surface area (Å²) in [5.41, 5.74) is 4.69. The van der Waals surface area contributed by atoms with Gasteiger partial charge in [0.15, 0.2) is 5.13 Å². The summed E-state index contributed by atoms with van der Waals surface area (Å²) in [6.07, 6.45) is 3.52. The Hall–Kier alpha value is -3.05. The molecule has 0 saturated carbocycles. The van der Waals surface area contributed by atoms with Gasteiger partial charge in [-0.2, -0.15) is 0 Å². The van der Waals surface area contributed by atoms with Crippen molar-refractivity contribution in [2.24, 2.45) is 0 Å². The van der Waals surface area contributed by atoms with Crippen molar-refractivity contribution in [2.75, 3.05) is 4.90 Å². The van der Waals surface area contributed by atoms with Crippen LogP contribution in [-0.2, 0) is 6.54 Å². The third-order valence-electron chi connectivity index (χ3n) is 4.29. The van der Waals surface area contributed by atoms with E-state index in [0.29, 0.717) is 17.2 Å². The quantitative estimate of drug-likeness (QED) is 0.497. The number of benzene rings is 2. The molecule has 0 radical (unpaired) electrons. The average Bonchev–Trinajstić information content (AvgIpc) is 3.09. The second-order valence-corrected chi connectivity index (χ2v) is 7.60. The first kappa shape index (κ1) is 17.4. The van der Waals surface area contributed by atoms with Gasteiger partial charge in [-0.15, -0.1) is 0 Å². The summed E-state index contributed by atoms with van der Waals surface area (Å²) in [6.45, 7) is 4.44. The lowest BCUT2D eigenvalue weighted by atomic mass is 10.1. The Morgan fingerprint density at radius 3 is 2.52 bits per heavy atom. The van der Waals surface area contributed by atoms with Crippen molar-refractivity contribution >= 4 is 32.6 Å². The second kappa shape index (κ2) is 7.29. The van der Waals surface area contributed by atoms with E-state index in [9.17, 15) is 4.79 Å². The smallest absolute Gasteiger partial charge is 0.260 e. The van der Waals surface area contributed by atoms with Crippen molar-refractivity contribution in [3.05, 3.63) is 89.2 Å². The second-order valence-electron chi connectivity index (χ2n) is 6.59. The van der Waals surface area contributed by atoms with Crippen LogP contribution in [0.3, 0.4) is 0 Å². The lowest BCUT2D eigenvalue weighted by Crippen LogP contribution is -2.30. The molecule has 2 aromatic heterocycles. The first-order valence-electron chi connectivity index (χ1n) is 8.75. The Morgan fingerprint density at radius 2 is 1.81 bits per heavy atom. The SMILES string of the molecule is Cc1cc(C)cc(C(=O)N(Cc2cccnc2)c2nc3ccccc3s2)c1. The van der Waals surface area contributed by atoms with E-state index in [1.807, 2.05) is 62.4 Å². The Balaban J connectivity index is 1.78. The Bertz CT molecular complexity index is 1050. The lowest BCUT2D eigenvalue weighted by molar-refractivity contribution is 0.0985. The monoisotopic (exact) mass is 373 g/mol. The van der Waals surface area contributed by atoms with Gasteiger partial charge < -0.3 is 0 Å². The Labute approximate surface area is 162 Å². The molecule has 0 fully saturated rings. The number of para-hydroxylation sites is 1. The summed E-state index contributed by atoms with van der Waals surface area (Å²) in [6, 6.07) is 17.7. The van der Waals surface area contributed by atoms with Crippen molar-refractivity contribution in [3.63, 3.8) is 0 Å². The van der Waals surface area contributed by atoms with Crippen LogP contribution in [0.1, 0.15) is 27.0 Å². The molecule has 1 amide bonds. The van der Waals surface area contributed by atoms with E-state index >= 15 is 0 Å². The normalized spacial score (nSPS) is 10.9. The highest BCUT2D eigenvalue weighted by molar-refractivity contribution is 7.22. The van der Waals surface area contributed by atoms with Crippen LogP contribution in [-0.4, -0.2) is 15.9 Å². The van der Waals surface area contributed by atoms with E-state index < -0.39 is 0 Å². The van der Waals surface area contributed by atoms with Crippen molar-refractivity contribution in [1.82, 2.24) is 9.97 Å². The van der Waals surface area contributed by atoms with Crippen LogP contribution >= 0.6 is 11.3 Å². The number of anilines is 1. The number of hydrogen-bond acceptors (Lipinski definition) is 4. The van der Waals surface area contributed by atoms with E-state index in [2.05, 4.69) is 11.1 Å². The third-order valence-corrected chi connectivity index (χ3v) is 5.35. The van der Waals surface area contributed by atoms with E-state index in [4.69, 9.17) is 4.98 Å². The van der Waals surface area contributed by atoms with Crippen LogP contribution in [0.25, 0.3) is 10.2 Å². The van der Waals surface area contributed by atoms with Crippen molar-refractivity contribution in [2.45, 2.75) is 20.4 Å². The molecular weight excluding hydrogens is 354 g/mol. The maximum Gasteiger partial charge on any atom is 0.260 e. The van der Waals surface area contributed by atoms with Gasteiger partial charge in [0, 0.05) is 18.0 Å². The number of pyridine rings is 1. The molecule has 0 aliphatic heterocycles. The standard InChI is InChI=1S/C22H19N3OS/c1-15-10-16(2)12-18(11-15)21(26)25(14-17-6-5-9-23-13-17)22-24-19-7-3-4-8-20(19)27-22/h3-13H,14H2,1-2H3. The number of thiazole rings is 1. The van der Waals surface area contributed by atoms with Crippen LogP contribution in [0.4, 0.5) is 5.13 Å². The minimum Gasteiger partial charge on any atom is -0.279 e. The van der Waals surface area contributed by atoms with Gasteiger partial charge in [0.2, 0.25) is 0 Å². The summed E-state index contributed by atoms with van der Waals surface area (Å²) in [5, 5.41) is 0.698. The Morgan fingerprint density at radius 1 is 1.04 bits per heavy atom. The summed E-state index contributed by atoms with van der Waals surface area (Å²) < 4.78 is 1.07. The van der Waals surface area contributed by atoms with Crippen LogP contribution in [0.5, 0.6) is 0 Å². The van der Waals surface area contributed by atoms with Gasteiger partial charge in [-0.25, -0.2) is 4.98 Å². The molecular formula is C22H19N3OS. The summed E-state index contributed by atoms with van der Waals surface area (Å²) in [5.74, 6) is -0.0512. The van der Waals surface area contributed by atoms with E-state index in [-0.39, 0.29) is 5.91 Å². The summed E-state index contributed by atoms with van der Waals surface area (Å²) >= 11 is 1.53. The van der Waals surface area contributed by atoms with Gasteiger partial charge in [-0.05, 0) is 49.7 Å². The predicted molar refractivity (Wildman–Crippen MR) is 110 cm³/mol. The largest absolute Gasteiger partial charge is 0.279 e. The van der Waals surface area contributed by atoms with Crippen LogP contribution < -0.4 is 4.90 Å². The minimum absolute atomic E-state index is 0.0512. The molecule has 0 atom stereocenters. The van der Waals surface area contributed by atoms with Gasteiger partial charge in [-0.1, -0.05) is 46.7 Å². The minimum atomic E-state index is -0.0512. The first-order chi connectivity index (χ1) is 13.1. The number of amides is 1. The molecule has 0 spiro atoms. The molecule has 4 nitrogen and oxygen atoms in total. The molecule has 0 aliphatic carbocycles. The zero-order valence-corrected chi connectivity index (χ0v) is 16.0. The number of carbonyl (C=O) groups excluding carboxylic acids is 1. The predicted octanol–water partition coefficient (Wildman–Crippen LogP) is 5.16. The maximum absolute atomic E-state index is 13.4. The highest BCUT2D eigenvalue weighted by atomic mass is 32.1. The molecule has 27 heavy (non-hydrogen) atoms. The van der Waals surface area contributed by atoms with Crippen LogP contribution in [0, 0.1) is 13.8 Å². The number of aryl methyl sites for hydroxylation is 2. The topological polar surface area (TPSA) is 46.1 Å². The zero-order valence-electron chi connectivity index (χ0n) is 15.2. The molecule has 0 N–H and O–H groups in total. The molecule has 4 aromatic rings. The third kappa shape index (κ3) is 3.73. The fraction of sp³-hybridized carbons (Fsp3) is 0.136. The molecule has 5 heteroatoms. The van der Waals surface area contributed by atoms with Gasteiger partial charge in [0.05, 0.1) is 16.8 Å². The summed E-state index contributed by atoms with van der Waals surface area (Å²) in [4.78, 5) is 24.0. The summed E-state index contributed by atoms with van der Waals surface area (Å²) in [7, 11) is 0. The van der Waals surface area contributed by atoms with Crippen molar-refractivity contribution in [1.29, 1.82) is 0 Å². The van der Waals surface area contributed by atoms with Gasteiger partial charge in [0.25, 0.3) is 5.91 Å². The van der Waals surface area contributed by atoms with E-state index in [0.717, 1.165) is 26.9 Å². The fourth-order valence-electron chi connectivity index (χ4n) is 3.13. The first-order valence-corrected chi connectivity index (χ1v) is 9.56. The zero-order chi connectivity index (χ0) is 18.8. The number of aromatic nitrogens is 2. The van der Waals surface area contributed by atoms with Gasteiger partial charge in [-0.3, -0.25) is 14.7 Å². The van der Waals surface area contributed by atoms with Crippen LogP contribution in [0.15, 0.2) is 67.0 Å². The van der Waals surface area contributed by atoms with Gasteiger partial charge in [0.1, 0.15) is 0 Å². The number of hydrogen-bond donors (Lipinski definition) is 0. The number of nitrogens with zero attached hydrogens (tertiary/aromatic N) is 3. The molecule has 0 aliphatic rings. The Kier molecular flexibility index (Phi) is 4.69. The maximum atomic E-state index is 13.4. The highest BCUT2D eigenvalue weighted by Gasteiger charge is 2.22. The molecule has 0 saturated heterocycles. The molecule has 2 heterocycles. The molecule has 2 aromatic carbocycles. The van der Waals surface area contributed by atoms with Crippen LogP contribution in [0.2, 0.25) is 0 Å². The molecule has 134 valence electrons. The van der Waals surface area contributed by atoms with Gasteiger partial charge >= 0.3 is 0 Å². The fourth-order valence-corrected chi connectivity index (χ4v) is 4.09. The van der Waals surface area contributed by atoms with E-state index in [1.165, 1.54) is 11.3 Å². The van der Waals surface area contributed by atoms with E-state index in [1.54, 1.807) is 17.3 Å². The number of fused-ring (bicyclic) bond motifs is 1.